The molecule has 1 aromatic carbocycles. The van der Waals surface area contributed by atoms with Crippen LogP contribution in [0.1, 0.15) is 12.5 Å². The molecule has 19 heavy (non-hydrogen) atoms. The fraction of sp³-hybridized carbons (Fsp3) is 0.455. The van der Waals surface area contributed by atoms with Crippen LogP contribution in [0, 0.1) is 0 Å². The highest BCUT2D eigenvalue weighted by molar-refractivity contribution is 7.89. The molecule has 1 atom stereocenters. The second-order valence-corrected chi connectivity index (χ2v) is 6.53. The molecule has 0 spiro atoms. The van der Waals surface area contributed by atoms with E-state index in [2.05, 4.69) is 4.72 Å². The van der Waals surface area contributed by atoms with Crippen molar-refractivity contribution in [1.82, 2.24) is 4.72 Å². The molecule has 8 heteroatoms. The first-order chi connectivity index (χ1) is 8.81. The maximum Gasteiger partial charge on any atom is 0.242 e. The van der Waals surface area contributed by atoms with Crippen molar-refractivity contribution in [3.05, 3.63) is 27.7 Å². The average molecular weight is 327 g/mol. The summed E-state index contributed by atoms with van der Waals surface area (Å²) in [6, 6.07) is 2.84. The minimum Gasteiger partial charge on any atom is -0.380 e. The van der Waals surface area contributed by atoms with Crippen molar-refractivity contribution in [2.75, 3.05) is 13.7 Å². The fourth-order valence-electron chi connectivity index (χ4n) is 1.35. The van der Waals surface area contributed by atoms with Gasteiger partial charge in [0.2, 0.25) is 10.0 Å². The van der Waals surface area contributed by atoms with Crippen molar-refractivity contribution in [3.8, 4) is 0 Å². The van der Waals surface area contributed by atoms with E-state index in [4.69, 9.17) is 33.7 Å². The first-order valence-corrected chi connectivity index (χ1v) is 7.76. The molecule has 5 nitrogen and oxygen atoms in total. The lowest BCUT2D eigenvalue weighted by atomic mass is 10.2. The number of rotatable bonds is 6. The standard InChI is InChI=1S/C11H16Cl2N2O3S/c1-7(18-2)6-15-19(16,17)10-4-9(12)3-8(5-14)11(10)13/h3-4,7,15H,5-6,14H2,1-2H3. The molecule has 108 valence electrons. The Labute approximate surface area is 123 Å². The van der Waals surface area contributed by atoms with Crippen LogP contribution in [0.3, 0.4) is 0 Å². The topological polar surface area (TPSA) is 81.4 Å². The summed E-state index contributed by atoms with van der Waals surface area (Å²) in [7, 11) is -2.26. The van der Waals surface area contributed by atoms with E-state index in [0.717, 1.165) is 0 Å². The van der Waals surface area contributed by atoms with Crippen LogP contribution in [0.25, 0.3) is 0 Å². The zero-order valence-corrected chi connectivity index (χ0v) is 12.9. The number of hydrogen-bond acceptors (Lipinski definition) is 4. The summed E-state index contributed by atoms with van der Waals surface area (Å²) in [5.74, 6) is 0. The molecular formula is C11H16Cl2N2O3S. The van der Waals surface area contributed by atoms with Crippen LogP contribution in [0.15, 0.2) is 17.0 Å². The second kappa shape index (κ2) is 6.88. The van der Waals surface area contributed by atoms with Gasteiger partial charge in [0.25, 0.3) is 0 Å². The molecule has 0 saturated carbocycles. The summed E-state index contributed by atoms with van der Waals surface area (Å²) in [6.45, 7) is 1.99. The van der Waals surface area contributed by atoms with Crippen LogP contribution in [-0.2, 0) is 21.3 Å². The Balaban J connectivity index is 3.11. The number of benzene rings is 1. The van der Waals surface area contributed by atoms with Crippen molar-refractivity contribution in [1.29, 1.82) is 0 Å². The molecule has 0 aliphatic heterocycles. The molecule has 0 aliphatic rings. The van der Waals surface area contributed by atoms with Gasteiger partial charge in [0.1, 0.15) is 4.90 Å². The van der Waals surface area contributed by atoms with Gasteiger partial charge in [-0.1, -0.05) is 23.2 Å². The number of nitrogens with one attached hydrogen (secondary N) is 1. The summed E-state index contributed by atoms with van der Waals surface area (Å²) >= 11 is 11.9. The van der Waals surface area contributed by atoms with Gasteiger partial charge in [0.15, 0.2) is 0 Å². The number of hydrogen-bond donors (Lipinski definition) is 2. The predicted octanol–water partition coefficient (Wildman–Crippen LogP) is 1.77. The zero-order chi connectivity index (χ0) is 14.6. The van der Waals surface area contributed by atoms with E-state index in [1.165, 1.54) is 13.2 Å². The largest absolute Gasteiger partial charge is 0.380 e. The Morgan fingerprint density at radius 2 is 2.05 bits per heavy atom. The quantitative estimate of drug-likeness (QED) is 0.834. The van der Waals surface area contributed by atoms with Crippen LogP contribution in [-0.4, -0.2) is 28.2 Å². The molecule has 0 bridgehead atoms. The summed E-state index contributed by atoms with van der Waals surface area (Å²) in [5.41, 5.74) is 5.98. The first-order valence-electron chi connectivity index (χ1n) is 5.52. The van der Waals surface area contributed by atoms with Crippen molar-refractivity contribution in [2.45, 2.75) is 24.5 Å². The van der Waals surface area contributed by atoms with Gasteiger partial charge in [-0.05, 0) is 24.6 Å². The highest BCUT2D eigenvalue weighted by Gasteiger charge is 2.21. The van der Waals surface area contributed by atoms with Crippen molar-refractivity contribution < 1.29 is 13.2 Å². The molecule has 0 heterocycles. The average Bonchev–Trinajstić information content (AvgIpc) is 2.38. The molecule has 1 rings (SSSR count). The van der Waals surface area contributed by atoms with E-state index < -0.39 is 10.0 Å². The van der Waals surface area contributed by atoms with Gasteiger partial charge in [0.05, 0.1) is 11.1 Å². The van der Waals surface area contributed by atoms with Crippen LogP contribution < -0.4 is 10.5 Å². The van der Waals surface area contributed by atoms with Gasteiger partial charge in [-0.2, -0.15) is 0 Å². The third-order valence-electron chi connectivity index (χ3n) is 2.55. The van der Waals surface area contributed by atoms with Gasteiger partial charge in [-0.3, -0.25) is 0 Å². The molecule has 0 radical (unpaired) electrons. The maximum atomic E-state index is 12.1. The van der Waals surface area contributed by atoms with Gasteiger partial charge in [0, 0.05) is 25.2 Å². The Kier molecular flexibility index (Phi) is 6.04. The van der Waals surface area contributed by atoms with E-state index in [1.807, 2.05) is 0 Å². The fourth-order valence-corrected chi connectivity index (χ4v) is 3.41. The van der Waals surface area contributed by atoms with E-state index in [9.17, 15) is 8.42 Å². The monoisotopic (exact) mass is 326 g/mol. The summed E-state index contributed by atoms with van der Waals surface area (Å²) in [4.78, 5) is -0.0783. The summed E-state index contributed by atoms with van der Waals surface area (Å²) in [5, 5.41) is 0.356. The Morgan fingerprint density at radius 3 is 2.58 bits per heavy atom. The first kappa shape index (κ1) is 16.7. The minimum absolute atomic E-state index is 0.0783. The summed E-state index contributed by atoms with van der Waals surface area (Å²) < 4.78 is 31.7. The van der Waals surface area contributed by atoms with Gasteiger partial charge >= 0.3 is 0 Å². The maximum absolute atomic E-state index is 12.1. The number of halogens is 2. The third kappa shape index (κ3) is 4.30. The smallest absolute Gasteiger partial charge is 0.242 e. The molecule has 0 saturated heterocycles. The lowest BCUT2D eigenvalue weighted by molar-refractivity contribution is 0.122. The van der Waals surface area contributed by atoms with Crippen LogP contribution in [0.2, 0.25) is 10.0 Å². The van der Waals surface area contributed by atoms with Crippen molar-refractivity contribution >= 4 is 33.2 Å². The molecule has 0 aromatic heterocycles. The zero-order valence-electron chi connectivity index (χ0n) is 10.6. The van der Waals surface area contributed by atoms with E-state index >= 15 is 0 Å². The SMILES string of the molecule is COC(C)CNS(=O)(=O)c1cc(Cl)cc(CN)c1Cl. The molecule has 0 aliphatic carbocycles. The summed E-state index contributed by atoms with van der Waals surface area (Å²) in [6.07, 6.45) is -0.248. The van der Waals surface area contributed by atoms with Gasteiger partial charge in [-0.15, -0.1) is 0 Å². The van der Waals surface area contributed by atoms with E-state index in [1.54, 1.807) is 13.0 Å². The number of ether oxygens (including phenoxy) is 1. The molecule has 0 amide bonds. The van der Waals surface area contributed by atoms with Gasteiger partial charge < -0.3 is 10.5 Å². The molecule has 0 fully saturated rings. The lowest BCUT2D eigenvalue weighted by Gasteiger charge is -2.14. The highest BCUT2D eigenvalue weighted by Crippen LogP contribution is 2.29. The molecular weight excluding hydrogens is 311 g/mol. The highest BCUT2D eigenvalue weighted by atomic mass is 35.5. The van der Waals surface area contributed by atoms with E-state index in [0.29, 0.717) is 5.56 Å². The second-order valence-electron chi connectivity index (χ2n) is 3.98. The minimum atomic E-state index is -3.75. The van der Waals surface area contributed by atoms with E-state index in [-0.39, 0.29) is 34.1 Å². The Bertz CT molecular complexity index is 549. The number of sulfonamides is 1. The molecule has 3 N–H and O–H groups in total. The van der Waals surface area contributed by atoms with Crippen LogP contribution >= 0.6 is 23.2 Å². The lowest BCUT2D eigenvalue weighted by Crippen LogP contribution is -2.32. The Morgan fingerprint density at radius 1 is 1.42 bits per heavy atom. The number of nitrogens with two attached hydrogens (primary N) is 1. The normalized spacial score (nSPS) is 13.5. The third-order valence-corrected chi connectivity index (χ3v) is 4.78. The molecule has 1 aromatic rings. The van der Waals surface area contributed by atoms with Crippen LogP contribution in [0.5, 0.6) is 0 Å². The van der Waals surface area contributed by atoms with Gasteiger partial charge in [-0.25, -0.2) is 13.1 Å². The van der Waals surface area contributed by atoms with Crippen molar-refractivity contribution in [2.24, 2.45) is 5.73 Å². The predicted molar refractivity (Wildman–Crippen MR) is 76.0 cm³/mol. The van der Waals surface area contributed by atoms with Crippen molar-refractivity contribution in [3.63, 3.8) is 0 Å². The number of methoxy groups -OCH3 is 1. The van der Waals surface area contributed by atoms with Crippen LogP contribution in [0.4, 0.5) is 0 Å². The Hall–Kier alpha value is -0.370. The molecule has 1 unspecified atom stereocenters.